The lowest BCUT2D eigenvalue weighted by molar-refractivity contribution is -0.136. The summed E-state index contributed by atoms with van der Waals surface area (Å²) in [7, 11) is 0. The maximum atomic E-state index is 13.0. The predicted octanol–water partition coefficient (Wildman–Crippen LogP) is 0.915. The molecule has 2 heterocycles. The fourth-order valence-corrected chi connectivity index (χ4v) is 4.10. The monoisotopic (exact) mass is 457 g/mol. The third-order valence-corrected chi connectivity index (χ3v) is 5.86. The van der Waals surface area contributed by atoms with E-state index in [9.17, 15) is 24.0 Å². The van der Waals surface area contributed by atoms with Crippen LogP contribution in [0, 0.1) is 0 Å². The van der Waals surface area contributed by atoms with Crippen molar-refractivity contribution in [3.05, 3.63) is 29.3 Å². The average molecular weight is 458 g/mol. The number of fused-ring (bicyclic) bond motifs is 1. The van der Waals surface area contributed by atoms with E-state index in [4.69, 9.17) is 5.73 Å². The van der Waals surface area contributed by atoms with E-state index in [0.29, 0.717) is 12.2 Å². The number of rotatable bonds is 12. The maximum Gasteiger partial charge on any atom is 0.264 e. The third-order valence-electron chi connectivity index (χ3n) is 5.86. The Morgan fingerprint density at radius 1 is 1.03 bits per heavy atom. The fraction of sp³-hybridized carbons (Fsp3) is 0.522. The van der Waals surface area contributed by atoms with E-state index in [1.54, 1.807) is 12.1 Å². The van der Waals surface area contributed by atoms with Crippen molar-refractivity contribution >= 4 is 35.2 Å². The van der Waals surface area contributed by atoms with Crippen molar-refractivity contribution in [1.82, 2.24) is 15.5 Å². The number of carbonyl (C=O) groups excluding carboxylic acids is 5. The van der Waals surface area contributed by atoms with E-state index in [0.717, 1.165) is 50.0 Å². The molecule has 1 saturated heterocycles. The molecular formula is C23H31N5O5. The minimum Gasteiger partial charge on any atom is -0.375 e. The van der Waals surface area contributed by atoms with Gasteiger partial charge in [0.2, 0.25) is 17.7 Å². The topological polar surface area (TPSA) is 151 Å². The van der Waals surface area contributed by atoms with Crippen molar-refractivity contribution in [1.29, 1.82) is 0 Å². The molecule has 10 heteroatoms. The summed E-state index contributed by atoms with van der Waals surface area (Å²) in [6, 6.07) is 3.72. The van der Waals surface area contributed by atoms with E-state index in [1.165, 1.54) is 6.07 Å². The van der Waals surface area contributed by atoms with Crippen molar-refractivity contribution in [2.75, 3.05) is 25.0 Å². The van der Waals surface area contributed by atoms with Gasteiger partial charge in [0.1, 0.15) is 6.04 Å². The molecule has 0 aromatic heterocycles. The van der Waals surface area contributed by atoms with Crippen molar-refractivity contribution in [3.8, 4) is 0 Å². The zero-order chi connectivity index (χ0) is 23.8. The number of amides is 5. The second kappa shape index (κ2) is 11.6. The Balaban J connectivity index is 1.52. The minimum atomic E-state index is -1.03. The highest BCUT2D eigenvalue weighted by Crippen LogP contribution is 2.32. The summed E-state index contributed by atoms with van der Waals surface area (Å²) >= 11 is 0. The molecule has 0 aliphatic carbocycles. The van der Waals surface area contributed by atoms with Crippen LogP contribution < -0.4 is 21.7 Å². The van der Waals surface area contributed by atoms with Gasteiger partial charge in [-0.3, -0.25) is 34.2 Å². The van der Waals surface area contributed by atoms with E-state index in [-0.39, 0.29) is 36.4 Å². The highest BCUT2D eigenvalue weighted by Gasteiger charge is 2.45. The van der Waals surface area contributed by atoms with E-state index >= 15 is 0 Å². The van der Waals surface area contributed by atoms with Gasteiger partial charge in [0.05, 0.1) is 17.7 Å². The Kier molecular flexibility index (Phi) is 8.53. The molecule has 33 heavy (non-hydrogen) atoms. The molecule has 1 fully saturated rings. The quantitative estimate of drug-likeness (QED) is 0.269. The summed E-state index contributed by atoms with van der Waals surface area (Å²) in [6.07, 6.45) is 6.53. The van der Waals surface area contributed by atoms with Crippen LogP contribution in [0.15, 0.2) is 18.2 Å². The Hall–Kier alpha value is -3.27. The summed E-state index contributed by atoms with van der Waals surface area (Å²) in [6.45, 7) is 1.25. The summed E-state index contributed by atoms with van der Waals surface area (Å²) < 4.78 is 0. The molecule has 0 radical (unpaired) electrons. The smallest absolute Gasteiger partial charge is 0.264 e. The lowest BCUT2D eigenvalue weighted by atomic mass is 10.0. The van der Waals surface area contributed by atoms with Crippen LogP contribution in [0.25, 0.3) is 0 Å². The molecule has 1 aromatic carbocycles. The molecule has 2 aliphatic rings. The Morgan fingerprint density at radius 3 is 2.48 bits per heavy atom. The molecule has 0 bridgehead atoms. The number of hydrogen-bond acceptors (Lipinski definition) is 7. The van der Waals surface area contributed by atoms with E-state index in [1.807, 2.05) is 0 Å². The first-order valence-electron chi connectivity index (χ1n) is 11.5. The summed E-state index contributed by atoms with van der Waals surface area (Å²) in [5.74, 6) is -2.48. The van der Waals surface area contributed by atoms with Crippen LogP contribution in [0.1, 0.15) is 72.1 Å². The van der Waals surface area contributed by atoms with Crippen LogP contribution in [-0.2, 0) is 14.4 Å². The van der Waals surface area contributed by atoms with Gasteiger partial charge in [-0.25, -0.2) is 0 Å². The second-order valence-electron chi connectivity index (χ2n) is 8.29. The Morgan fingerprint density at radius 2 is 1.76 bits per heavy atom. The van der Waals surface area contributed by atoms with Crippen LogP contribution in [0.5, 0.6) is 0 Å². The van der Waals surface area contributed by atoms with Gasteiger partial charge in [-0.1, -0.05) is 31.7 Å². The van der Waals surface area contributed by atoms with Gasteiger partial charge in [0, 0.05) is 18.7 Å². The van der Waals surface area contributed by atoms with Gasteiger partial charge in [0.15, 0.2) is 0 Å². The number of nitrogens with zero attached hydrogens (tertiary/aromatic N) is 1. The molecule has 5 N–H and O–H groups in total. The van der Waals surface area contributed by atoms with Gasteiger partial charge in [-0.2, -0.15) is 0 Å². The first kappa shape index (κ1) is 24.4. The fourth-order valence-electron chi connectivity index (χ4n) is 4.10. The molecule has 3 rings (SSSR count). The molecular weight excluding hydrogens is 426 g/mol. The lowest BCUT2D eigenvalue weighted by Crippen LogP contribution is -2.54. The van der Waals surface area contributed by atoms with Crippen LogP contribution >= 0.6 is 0 Å². The number of hydrogen-bond donors (Lipinski definition) is 4. The number of carbonyl (C=O) groups is 5. The van der Waals surface area contributed by atoms with E-state index < -0.39 is 29.7 Å². The third kappa shape index (κ3) is 5.95. The zero-order valence-corrected chi connectivity index (χ0v) is 18.7. The number of nitrogens with one attached hydrogen (secondary N) is 3. The number of nitrogens with two attached hydrogens (primary N) is 1. The molecule has 2 aliphatic heterocycles. The largest absolute Gasteiger partial charge is 0.375 e. The number of benzene rings is 1. The van der Waals surface area contributed by atoms with E-state index in [2.05, 4.69) is 16.0 Å². The highest BCUT2D eigenvalue weighted by atomic mass is 16.2. The van der Waals surface area contributed by atoms with Crippen LogP contribution in [0.3, 0.4) is 0 Å². The zero-order valence-electron chi connectivity index (χ0n) is 18.7. The van der Waals surface area contributed by atoms with Gasteiger partial charge >= 0.3 is 0 Å². The first-order chi connectivity index (χ1) is 15.9. The first-order valence-corrected chi connectivity index (χ1v) is 11.5. The number of anilines is 1. The normalized spacial score (nSPS) is 17.7. The van der Waals surface area contributed by atoms with Crippen molar-refractivity contribution in [2.24, 2.45) is 5.73 Å². The van der Waals surface area contributed by atoms with Crippen LogP contribution in [0.2, 0.25) is 0 Å². The van der Waals surface area contributed by atoms with Gasteiger partial charge < -0.3 is 16.4 Å². The van der Waals surface area contributed by atoms with Crippen LogP contribution in [0.4, 0.5) is 5.69 Å². The molecule has 0 spiro atoms. The molecule has 5 amide bonds. The maximum absolute atomic E-state index is 13.0. The predicted molar refractivity (Wildman–Crippen MR) is 121 cm³/mol. The standard InChI is InChI=1S/C23H31N5O5/c24-12-5-3-1-2-4-6-13-25-19(30)14-26-16-9-7-8-15-20(16)23(33)28(22(15)32)17-10-11-18(29)27-21(17)31/h7-9,17,26H,1-6,10-14,24H2,(H,25,30)(H,27,29,31). The molecule has 0 saturated carbocycles. The summed E-state index contributed by atoms with van der Waals surface area (Å²) in [5.41, 5.74) is 6.14. The number of imide groups is 2. The minimum absolute atomic E-state index is 0.0488. The average Bonchev–Trinajstić information content (AvgIpc) is 3.05. The summed E-state index contributed by atoms with van der Waals surface area (Å²) in [4.78, 5) is 62.6. The number of unbranched alkanes of at least 4 members (excludes halogenated alkanes) is 5. The molecule has 1 aromatic rings. The SMILES string of the molecule is NCCCCCCCCNC(=O)CNc1cccc2c1C(=O)N(C1CCC(=O)NC1=O)C2=O. The molecule has 1 atom stereocenters. The lowest BCUT2D eigenvalue weighted by Gasteiger charge is -2.27. The highest BCUT2D eigenvalue weighted by molar-refractivity contribution is 6.25. The van der Waals surface area contributed by atoms with Crippen LogP contribution in [-0.4, -0.2) is 60.1 Å². The Labute approximate surface area is 192 Å². The van der Waals surface area contributed by atoms with Gasteiger partial charge in [0.25, 0.3) is 11.8 Å². The van der Waals surface area contributed by atoms with Gasteiger partial charge in [-0.15, -0.1) is 0 Å². The second-order valence-corrected chi connectivity index (χ2v) is 8.29. The molecule has 1 unspecified atom stereocenters. The van der Waals surface area contributed by atoms with Crippen molar-refractivity contribution in [2.45, 2.75) is 57.4 Å². The van der Waals surface area contributed by atoms with Crippen molar-refractivity contribution < 1.29 is 24.0 Å². The van der Waals surface area contributed by atoms with Gasteiger partial charge in [-0.05, 0) is 37.9 Å². The summed E-state index contributed by atoms with van der Waals surface area (Å²) in [5, 5.41) is 7.95. The molecule has 178 valence electrons. The molecule has 10 nitrogen and oxygen atoms in total. The number of piperidine rings is 1. The Bertz CT molecular complexity index is 932. The van der Waals surface area contributed by atoms with Crippen molar-refractivity contribution in [3.63, 3.8) is 0 Å².